The average Bonchev–Trinajstić information content (AvgIpc) is 2.86. The van der Waals surface area contributed by atoms with Gasteiger partial charge < -0.3 is 23.8 Å². The molecule has 0 atom stereocenters. The zero-order valence-corrected chi connectivity index (χ0v) is 17.4. The number of carbonyl (C=O) groups excluding carboxylic acids is 1. The first-order chi connectivity index (χ1) is 15.9. The van der Waals surface area contributed by atoms with Crippen molar-refractivity contribution in [3.8, 4) is 0 Å². The normalized spacial score (nSPS) is 33.2. The Kier molecular flexibility index (Phi) is 3.31. The molecule has 2 heterocycles. The summed E-state index contributed by atoms with van der Waals surface area (Å²) in [5.74, 6) is 0. The van der Waals surface area contributed by atoms with E-state index in [9.17, 15) is 4.79 Å². The van der Waals surface area contributed by atoms with Gasteiger partial charge in [-0.25, -0.2) is 4.79 Å². The minimum absolute atomic E-state index is 0.125. The Bertz CT molecular complexity index is 984. The van der Waals surface area contributed by atoms with Crippen molar-refractivity contribution in [2.45, 2.75) is 65.3 Å². The second-order valence-corrected chi connectivity index (χ2v) is 8.78. The number of ether oxygens (including phenoxy) is 1. The third kappa shape index (κ3) is 4.46. The van der Waals surface area contributed by atoms with Crippen LogP contribution in [0.15, 0.2) is 24.3 Å². The van der Waals surface area contributed by atoms with Crippen molar-refractivity contribution < 1.29 is 29.8 Å². The van der Waals surface area contributed by atoms with Gasteiger partial charge in [0.1, 0.15) is 5.60 Å². The van der Waals surface area contributed by atoms with Crippen LogP contribution in [0.25, 0.3) is 0 Å². The van der Waals surface area contributed by atoms with Gasteiger partial charge in [0.25, 0.3) is 0 Å². The minimum atomic E-state index is -3.32. The molecule has 0 unspecified atom stereocenters. The van der Waals surface area contributed by atoms with Crippen LogP contribution in [0.5, 0.6) is 0 Å². The second kappa shape index (κ2) is 7.27. The SMILES string of the molecule is [2H]C1([2H])N(C(=O)OC(C)(C)C)C([2H])([2H])C([2H])([2H])N(c2ccc(B3OC(C)(C)C(C)(C)O3)cc2)C1([2H])[2H]. The summed E-state index contributed by atoms with van der Waals surface area (Å²) in [5, 5.41) is 0. The molecule has 0 spiro atoms. The van der Waals surface area contributed by atoms with E-state index in [-0.39, 0.29) is 10.6 Å². The van der Waals surface area contributed by atoms with Crippen molar-refractivity contribution in [1.29, 1.82) is 0 Å². The predicted molar refractivity (Wildman–Crippen MR) is 112 cm³/mol. The van der Waals surface area contributed by atoms with Gasteiger partial charge >= 0.3 is 13.2 Å². The maximum absolute atomic E-state index is 12.8. The molecule has 7 heteroatoms. The quantitative estimate of drug-likeness (QED) is 0.720. The molecular weight excluding hydrogens is 355 g/mol. The number of amides is 1. The summed E-state index contributed by atoms with van der Waals surface area (Å²) >= 11 is 0. The molecule has 1 amide bonds. The Morgan fingerprint density at radius 1 is 1.04 bits per heavy atom. The van der Waals surface area contributed by atoms with Crippen LogP contribution in [0.4, 0.5) is 10.5 Å². The number of hydrogen-bond acceptors (Lipinski definition) is 5. The number of hydrogen-bond donors (Lipinski definition) is 0. The standard InChI is InChI=1S/C21H33BN2O4/c1-19(2,3)26-18(25)24-14-12-23(13-15-24)17-10-8-16(9-11-17)22-27-20(4,5)21(6,7)28-22/h8-11H,12-15H2,1-7H3/i12D2,13D2,14D2,15D2. The van der Waals surface area contributed by atoms with Gasteiger partial charge in [0, 0.05) is 31.7 Å². The summed E-state index contributed by atoms with van der Waals surface area (Å²) in [7, 11) is -0.737. The van der Waals surface area contributed by atoms with E-state index in [1.54, 1.807) is 0 Å². The Morgan fingerprint density at radius 2 is 1.54 bits per heavy atom. The van der Waals surface area contributed by atoms with Crippen LogP contribution in [-0.2, 0) is 14.0 Å². The van der Waals surface area contributed by atoms with E-state index < -0.39 is 56.0 Å². The van der Waals surface area contributed by atoms with Crippen molar-refractivity contribution in [3.63, 3.8) is 0 Å². The third-order valence-corrected chi connectivity index (χ3v) is 4.80. The summed E-state index contributed by atoms with van der Waals surface area (Å²) in [4.78, 5) is 13.1. The fraction of sp³-hybridized carbons (Fsp3) is 0.667. The molecule has 1 aromatic rings. The first kappa shape index (κ1) is 12.8. The molecule has 0 saturated carbocycles. The van der Waals surface area contributed by atoms with Gasteiger partial charge in [0.15, 0.2) is 0 Å². The lowest BCUT2D eigenvalue weighted by Crippen LogP contribution is -2.50. The summed E-state index contributed by atoms with van der Waals surface area (Å²) in [6.45, 7) is -1.06. The van der Waals surface area contributed by atoms with Gasteiger partial charge in [0.05, 0.1) is 22.2 Å². The Labute approximate surface area is 180 Å². The van der Waals surface area contributed by atoms with Crippen LogP contribution in [0.1, 0.15) is 59.4 Å². The molecule has 3 rings (SSSR count). The molecule has 28 heavy (non-hydrogen) atoms. The molecule has 2 fully saturated rings. The van der Waals surface area contributed by atoms with Crippen molar-refractivity contribution in [2.75, 3.05) is 30.9 Å². The van der Waals surface area contributed by atoms with Crippen molar-refractivity contribution in [1.82, 2.24) is 4.90 Å². The number of carbonyl (C=O) groups is 1. The maximum atomic E-state index is 12.8. The fourth-order valence-electron chi connectivity index (χ4n) is 2.54. The first-order valence-corrected chi connectivity index (χ1v) is 9.19. The van der Waals surface area contributed by atoms with Crippen LogP contribution in [0.3, 0.4) is 0 Å². The fourth-order valence-corrected chi connectivity index (χ4v) is 2.54. The maximum Gasteiger partial charge on any atom is 0.494 e. The minimum Gasteiger partial charge on any atom is -0.444 e. The number of anilines is 1. The third-order valence-electron chi connectivity index (χ3n) is 4.80. The lowest BCUT2D eigenvalue weighted by atomic mass is 9.79. The van der Waals surface area contributed by atoms with E-state index in [4.69, 9.17) is 25.0 Å². The largest absolute Gasteiger partial charge is 0.494 e. The van der Waals surface area contributed by atoms with Crippen LogP contribution >= 0.6 is 0 Å². The summed E-state index contributed by atoms with van der Waals surface area (Å²) in [6.07, 6.45) is -1.51. The van der Waals surface area contributed by atoms with E-state index in [1.807, 2.05) is 27.7 Å². The Balaban J connectivity index is 2.04. The molecule has 6 nitrogen and oxygen atoms in total. The average molecular weight is 396 g/mol. The molecule has 0 aromatic heterocycles. The van der Waals surface area contributed by atoms with E-state index in [0.717, 1.165) is 0 Å². The highest BCUT2D eigenvalue weighted by atomic mass is 16.7. The number of nitrogens with zero attached hydrogens (tertiary/aromatic N) is 2. The van der Waals surface area contributed by atoms with E-state index >= 15 is 0 Å². The van der Waals surface area contributed by atoms with Crippen LogP contribution in [0, 0.1) is 0 Å². The van der Waals surface area contributed by atoms with Crippen LogP contribution < -0.4 is 10.4 Å². The molecule has 2 aliphatic rings. The van der Waals surface area contributed by atoms with Gasteiger partial charge in [-0.05, 0) is 66.1 Å². The molecule has 2 saturated heterocycles. The highest BCUT2D eigenvalue weighted by molar-refractivity contribution is 6.62. The Hall–Kier alpha value is -1.73. The summed E-state index contributed by atoms with van der Waals surface area (Å²) < 4.78 is 85.0. The lowest BCUT2D eigenvalue weighted by Gasteiger charge is -2.36. The van der Waals surface area contributed by atoms with E-state index in [2.05, 4.69) is 0 Å². The highest BCUT2D eigenvalue weighted by Gasteiger charge is 2.51. The highest BCUT2D eigenvalue weighted by Crippen LogP contribution is 2.36. The van der Waals surface area contributed by atoms with Gasteiger partial charge in [-0.1, -0.05) is 12.1 Å². The van der Waals surface area contributed by atoms with Gasteiger partial charge in [0.2, 0.25) is 0 Å². The van der Waals surface area contributed by atoms with Crippen LogP contribution in [-0.4, -0.2) is 60.9 Å². The molecule has 1 aromatic carbocycles. The molecule has 2 aliphatic heterocycles. The topological polar surface area (TPSA) is 51.2 Å². The second-order valence-electron chi connectivity index (χ2n) is 8.78. The molecule has 154 valence electrons. The molecule has 0 aliphatic carbocycles. The van der Waals surface area contributed by atoms with Crippen molar-refractivity contribution in [3.05, 3.63) is 24.3 Å². The number of benzene rings is 1. The monoisotopic (exact) mass is 396 g/mol. The predicted octanol–water partition coefficient (Wildman–Crippen LogP) is 3.04. The van der Waals surface area contributed by atoms with Gasteiger partial charge in [-0.15, -0.1) is 0 Å². The van der Waals surface area contributed by atoms with E-state index in [1.165, 1.54) is 45.0 Å². The van der Waals surface area contributed by atoms with Crippen molar-refractivity contribution >= 4 is 24.4 Å². The van der Waals surface area contributed by atoms with E-state index in [0.29, 0.717) is 10.4 Å². The van der Waals surface area contributed by atoms with Gasteiger partial charge in [-0.2, -0.15) is 0 Å². The molecule has 0 N–H and O–H groups in total. The Morgan fingerprint density at radius 3 is 2.00 bits per heavy atom. The lowest BCUT2D eigenvalue weighted by molar-refractivity contribution is 0.00578. The smallest absolute Gasteiger partial charge is 0.444 e. The molecule has 0 radical (unpaired) electrons. The van der Waals surface area contributed by atoms with Crippen LogP contribution in [0.2, 0.25) is 0 Å². The molecule has 0 bridgehead atoms. The zero-order valence-electron chi connectivity index (χ0n) is 25.4. The zero-order chi connectivity index (χ0) is 27.9. The van der Waals surface area contributed by atoms with Gasteiger partial charge in [-0.3, -0.25) is 0 Å². The van der Waals surface area contributed by atoms with Crippen molar-refractivity contribution in [2.24, 2.45) is 0 Å². The summed E-state index contributed by atoms with van der Waals surface area (Å²) in [5.41, 5.74) is -1.92. The summed E-state index contributed by atoms with van der Waals surface area (Å²) in [6, 6.07) is 5.72. The number of piperazine rings is 1. The molecular formula is C21H33BN2O4. The number of rotatable bonds is 2. The first-order valence-electron chi connectivity index (χ1n) is 13.2.